The number of carbonyl (C=O) groups is 1. The highest BCUT2D eigenvalue weighted by molar-refractivity contribution is 5.56. The van der Waals surface area contributed by atoms with Gasteiger partial charge in [0.2, 0.25) is 0 Å². The van der Waals surface area contributed by atoms with Gasteiger partial charge in [-0.25, -0.2) is 4.79 Å². The van der Waals surface area contributed by atoms with E-state index < -0.39 is 6.16 Å². The minimum Gasteiger partial charge on any atom is -0.450 e. The molecule has 2 atom stereocenters. The molecule has 4 heteroatoms. The maximum absolute atomic E-state index is 9.98. The highest BCUT2D eigenvalue weighted by Gasteiger charge is 2.31. The van der Waals surface area contributed by atoms with Crippen molar-refractivity contribution in [2.45, 2.75) is 19.4 Å². The summed E-state index contributed by atoms with van der Waals surface area (Å²) in [5, 5.41) is 8.18. The zero-order chi connectivity index (χ0) is 8.27. The quantitative estimate of drug-likeness (QED) is 0.628. The molecule has 4 nitrogen and oxygen atoms in total. The Kier molecular flexibility index (Phi) is 2.70. The molecule has 1 N–H and O–H groups in total. The molecule has 0 aromatic rings. The fourth-order valence-corrected chi connectivity index (χ4v) is 1.15. The van der Waals surface area contributed by atoms with Gasteiger partial charge in [-0.1, -0.05) is 6.92 Å². The lowest BCUT2D eigenvalue weighted by Crippen LogP contribution is -2.42. The van der Waals surface area contributed by atoms with E-state index in [0.29, 0.717) is 6.61 Å². The van der Waals surface area contributed by atoms with Crippen LogP contribution in [0, 0.1) is 5.92 Å². The van der Waals surface area contributed by atoms with Crippen LogP contribution in [0.4, 0.5) is 4.79 Å². The molecule has 0 radical (unpaired) electrons. The van der Waals surface area contributed by atoms with Crippen LogP contribution in [0.5, 0.6) is 0 Å². The average molecular weight is 160 g/mol. The van der Waals surface area contributed by atoms with Gasteiger partial charge in [-0.15, -0.1) is 0 Å². The molecule has 1 rings (SSSR count). The molecule has 0 aromatic carbocycles. The second-order valence-corrected chi connectivity index (χ2v) is 2.62. The van der Waals surface area contributed by atoms with Gasteiger partial charge < -0.3 is 14.6 Å². The van der Waals surface area contributed by atoms with Crippen molar-refractivity contribution in [2.24, 2.45) is 5.92 Å². The van der Waals surface area contributed by atoms with E-state index >= 15 is 0 Å². The van der Waals surface area contributed by atoms with E-state index in [4.69, 9.17) is 9.84 Å². The molecule has 0 aromatic heterocycles. The summed E-state index contributed by atoms with van der Waals surface area (Å²) in [5.74, 6) is 0.274. The van der Waals surface area contributed by atoms with Gasteiger partial charge in [-0.2, -0.15) is 0 Å². The molecule has 0 aliphatic carbocycles. The third-order valence-corrected chi connectivity index (χ3v) is 1.87. The van der Waals surface area contributed by atoms with Gasteiger partial charge in [0, 0.05) is 5.92 Å². The summed E-state index contributed by atoms with van der Waals surface area (Å²) in [4.78, 5) is 9.98. The van der Waals surface area contributed by atoms with Crippen molar-refractivity contribution in [3.05, 3.63) is 0 Å². The third kappa shape index (κ3) is 2.08. The first-order chi connectivity index (χ1) is 5.24. The Morgan fingerprint density at radius 2 is 2.55 bits per heavy atom. The Bertz CT molecular complexity index is 143. The Balaban J connectivity index is 2.12. The summed E-state index contributed by atoms with van der Waals surface area (Å²) in [7, 11) is 0. The van der Waals surface area contributed by atoms with Gasteiger partial charge >= 0.3 is 6.16 Å². The van der Waals surface area contributed by atoms with Crippen LogP contribution in [0.3, 0.4) is 0 Å². The minimum atomic E-state index is -1.20. The Labute approximate surface area is 65.1 Å². The standard InChI is InChI=1S/C7H12O4/c1-2-6-5(3-10-6)4-11-7(8)9/h5-6H,2-4H2,1H3,(H,8,9). The maximum atomic E-state index is 9.98. The summed E-state index contributed by atoms with van der Waals surface area (Å²) >= 11 is 0. The summed E-state index contributed by atoms with van der Waals surface area (Å²) in [6, 6.07) is 0. The van der Waals surface area contributed by atoms with Crippen LogP contribution >= 0.6 is 0 Å². The predicted molar refractivity (Wildman–Crippen MR) is 37.5 cm³/mol. The smallest absolute Gasteiger partial charge is 0.450 e. The number of hydrogen-bond acceptors (Lipinski definition) is 3. The minimum absolute atomic E-state index is 0.203. The van der Waals surface area contributed by atoms with Gasteiger partial charge in [0.05, 0.1) is 12.7 Å². The summed E-state index contributed by atoms with van der Waals surface area (Å²) in [6.07, 6.45) is -0.0747. The second kappa shape index (κ2) is 3.57. The van der Waals surface area contributed by atoms with Gasteiger partial charge in [0.25, 0.3) is 0 Å². The monoisotopic (exact) mass is 160 g/mol. The molecule has 0 amide bonds. The SMILES string of the molecule is CCC1OCC1COC(=O)O. The third-order valence-electron chi connectivity index (χ3n) is 1.87. The molecule has 64 valence electrons. The van der Waals surface area contributed by atoms with Crippen molar-refractivity contribution in [1.82, 2.24) is 0 Å². The maximum Gasteiger partial charge on any atom is 0.505 e. The molecule has 1 heterocycles. The molecule has 1 aliphatic heterocycles. The van der Waals surface area contributed by atoms with Crippen LogP contribution < -0.4 is 0 Å². The average Bonchev–Trinajstić information content (AvgIpc) is 1.86. The van der Waals surface area contributed by atoms with Crippen molar-refractivity contribution in [2.75, 3.05) is 13.2 Å². The summed E-state index contributed by atoms with van der Waals surface area (Å²) in [5.41, 5.74) is 0. The molecular formula is C7H12O4. The van der Waals surface area contributed by atoms with E-state index in [1.54, 1.807) is 0 Å². The molecule has 2 unspecified atom stereocenters. The van der Waals surface area contributed by atoms with Crippen LogP contribution in [-0.2, 0) is 9.47 Å². The van der Waals surface area contributed by atoms with Crippen LogP contribution in [-0.4, -0.2) is 30.6 Å². The lowest BCUT2D eigenvalue weighted by Gasteiger charge is -2.35. The van der Waals surface area contributed by atoms with E-state index in [9.17, 15) is 4.79 Å². The topological polar surface area (TPSA) is 55.8 Å². The fraction of sp³-hybridized carbons (Fsp3) is 0.857. The van der Waals surface area contributed by atoms with E-state index in [0.717, 1.165) is 6.42 Å². The Morgan fingerprint density at radius 1 is 1.82 bits per heavy atom. The molecule has 0 saturated carbocycles. The van der Waals surface area contributed by atoms with Crippen LogP contribution in [0.15, 0.2) is 0 Å². The molecular weight excluding hydrogens is 148 g/mol. The summed E-state index contributed by atoms with van der Waals surface area (Å²) < 4.78 is 9.57. The van der Waals surface area contributed by atoms with Crippen LogP contribution in [0.1, 0.15) is 13.3 Å². The number of carboxylic acid groups (broad SMARTS) is 1. The van der Waals surface area contributed by atoms with Crippen molar-refractivity contribution in [1.29, 1.82) is 0 Å². The second-order valence-electron chi connectivity index (χ2n) is 2.62. The van der Waals surface area contributed by atoms with Crippen molar-refractivity contribution in [3.63, 3.8) is 0 Å². The first kappa shape index (κ1) is 8.33. The fourth-order valence-electron chi connectivity index (χ4n) is 1.15. The lowest BCUT2D eigenvalue weighted by molar-refractivity contribution is -0.134. The normalized spacial score (nSPS) is 29.2. The largest absolute Gasteiger partial charge is 0.505 e. The molecule has 1 fully saturated rings. The van der Waals surface area contributed by atoms with Crippen molar-refractivity contribution < 1.29 is 19.4 Å². The number of rotatable bonds is 3. The van der Waals surface area contributed by atoms with Gasteiger partial charge in [0.15, 0.2) is 0 Å². The van der Waals surface area contributed by atoms with E-state index in [2.05, 4.69) is 4.74 Å². The van der Waals surface area contributed by atoms with Gasteiger partial charge in [-0.3, -0.25) is 0 Å². The highest BCUT2D eigenvalue weighted by Crippen LogP contribution is 2.22. The molecule has 1 saturated heterocycles. The number of ether oxygens (including phenoxy) is 2. The molecule has 1 aliphatic rings. The highest BCUT2D eigenvalue weighted by atomic mass is 16.7. The van der Waals surface area contributed by atoms with E-state index in [1.807, 2.05) is 6.92 Å². The number of hydrogen-bond donors (Lipinski definition) is 1. The first-order valence-corrected chi connectivity index (χ1v) is 3.71. The van der Waals surface area contributed by atoms with Crippen LogP contribution in [0.2, 0.25) is 0 Å². The molecule has 11 heavy (non-hydrogen) atoms. The summed E-state index contributed by atoms with van der Waals surface area (Å²) in [6.45, 7) is 2.91. The molecule has 0 spiro atoms. The Hall–Kier alpha value is -0.770. The van der Waals surface area contributed by atoms with Gasteiger partial charge in [-0.05, 0) is 6.42 Å². The first-order valence-electron chi connectivity index (χ1n) is 3.71. The van der Waals surface area contributed by atoms with Crippen molar-refractivity contribution in [3.8, 4) is 0 Å². The zero-order valence-corrected chi connectivity index (χ0v) is 6.45. The van der Waals surface area contributed by atoms with E-state index in [-0.39, 0.29) is 18.6 Å². The lowest BCUT2D eigenvalue weighted by atomic mass is 9.97. The van der Waals surface area contributed by atoms with Gasteiger partial charge in [0.1, 0.15) is 6.61 Å². The van der Waals surface area contributed by atoms with Crippen LogP contribution in [0.25, 0.3) is 0 Å². The Morgan fingerprint density at radius 3 is 2.91 bits per heavy atom. The van der Waals surface area contributed by atoms with Crippen molar-refractivity contribution >= 4 is 6.16 Å². The molecule has 0 bridgehead atoms. The predicted octanol–water partition coefficient (Wildman–Crippen LogP) is 1.11. The van der Waals surface area contributed by atoms with E-state index in [1.165, 1.54) is 0 Å². The zero-order valence-electron chi connectivity index (χ0n) is 6.45.